The number of amides is 2. The van der Waals surface area contributed by atoms with E-state index in [2.05, 4.69) is 4.98 Å². The van der Waals surface area contributed by atoms with Gasteiger partial charge in [0.25, 0.3) is 0 Å². The Hall–Kier alpha value is -3.61. The molecule has 140 valence electrons. The van der Waals surface area contributed by atoms with Crippen molar-refractivity contribution in [2.45, 2.75) is 18.9 Å². The monoisotopic (exact) mass is 373 g/mol. The molecule has 0 saturated carbocycles. The van der Waals surface area contributed by atoms with Gasteiger partial charge in [-0.3, -0.25) is 0 Å². The molecule has 7 nitrogen and oxygen atoms in total. The first kappa shape index (κ1) is 16.6. The maximum Gasteiger partial charge on any atom is 0.355 e. The van der Waals surface area contributed by atoms with Crippen LogP contribution in [0, 0.1) is 0 Å². The van der Waals surface area contributed by atoms with E-state index >= 15 is 0 Å². The molecular weight excluding hydrogens is 354 g/mol. The van der Waals surface area contributed by atoms with Gasteiger partial charge in [0.1, 0.15) is 5.82 Å². The number of carbonyl (C=O) groups is 1. The van der Waals surface area contributed by atoms with Crippen molar-refractivity contribution >= 4 is 23.4 Å². The summed E-state index contributed by atoms with van der Waals surface area (Å²) in [6.45, 7) is 0.663. The van der Waals surface area contributed by atoms with Gasteiger partial charge in [-0.1, -0.05) is 36.4 Å². The summed E-state index contributed by atoms with van der Waals surface area (Å²) in [6.07, 6.45) is 1.70. The van der Waals surface area contributed by atoms with Gasteiger partial charge in [-0.15, -0.1) is 0 Å². The van der Waals surface area contributed by atoms with Crippen LogP contribution in [0.5, 0.6) is 0 Å². The third-order valence-corrected chi connectivity index (χ3v) is 5.41. The van der Waals surface area contributed by atoms with Gasteiger partial charge in [0.2, 0.25) is 0 Å². The largest absolute Gasteiger partial charge is 0.384 e. The van der Waals surface area contributed by atoms with Gasteiger partial charge in [-0.05, 0) is 37.1 Å². The normalized spacial score (nSPS) is 18.1. The van der Waals surface area contributed by atoms with Gasteiger partial charge < -0.3 is 10.6 Å². The SMILES string of the molecule is Nc1c2c(nc(=O)n1-c1ccccc1)N(c1ccccc1)C(=O)N1CCCC21. The van der Waals surface area contributed by atoms with Crippen molar-refractivity contribution in [1.29, 1.82) is 0 Å². The highest BCUT2D eigenvalue weighted by molar-refractivity contribution is 6.02. The molecule has 3 aromatic rings. The summed E-state index contributed by atoms with van der Waals surface area (Å²) >= 11 is 0. The Morgan fingerprint density at radius 3 is 2.25 bits per heavy atom. The number of nitrogens with two attached hydrogens (primary N) is 1. The fourth-order valence-electron chi connectivity index (χ4n) is 4.18. The van der Waals surface area contributed by atoms with Crippen LogP contribution in [0.1, 0.15) is 24.4 Å². The van der Waals surface area contributed by atoms with Crippen molar-refractivity contribution < 1.29 is 4.79 Å². The second-order valence-corrected chi connectivity index (χ2v) is 6.99. The van der Waals surface area contributed by atoms with Crippen molar-refractivity contribution in [2.24, 2.45) is 0 Å². The molecule has 1 atom stereocenters. The Bertz CT molecular complexity index is 1110. The zero-order valence-corrected chi connectivity index (χ0v) is 15.2. The van der Waals surface area contributed by atoms with Crippen molar-refractivity contribution in [1.82, 2.24) is 14.5 Å². The number of carbonyl (C=O) groups excluding carboxylic acids is 1. The fourth-order valence-corrected chi connectivity index (χ4v) is 4.18. The van der Waals surface area contributed by atoms with Crippen LogP contribution in [0.15, 0.2) is 65.5 Å². The van der Waals surface area contributed by atoms with Crippen molar-refractivity contribution in [2.75, 3.05) is 17.2 Å². The number of benzene rings is 2. The summed E-state index contributed by atoms with van der Waals surface area (Å²) in [4.78, 5) is 33.8. The molecule has 1 unspecified atom stereocenters. The van der Waals surface area contributed by atoms with Crippen LogP contribution in [0.3, 0.4) is 0 Å². The highest BCUT2D eigenvalue weighted by Gasteiger charge is 2.44. The molecule has 2 amide bonds. The predicted molar refractivity (Wildman–Crippen MR) is 107 cm³/mol. The molecule has 0 radical (unpaired) electrons. The first-order chi connectivity index (χ1) is 13.7. The lowest BCUT2D eigenvalue weighted by atomic mass is 10.0. The number of aromatic nitrogens is 2. The molecule has 28 heavy (non-hydrogen) atoms. The summed E-state index contributed by atoms with van der Waals surface area (Å²) in [5, 5.41) is 0. The Balaban J connectivity index is 1.79. The predicted octanol–water partition coefficient (Wildman–Crippen LogP) is 3.22. The van der Waals surface area contributed by atoms with Crippen LogP contribution in [0.4, 0.5) is 22.1 Å². The van der Waals surface area contributed by atoms with E-state index in [1.165, 1.54) is 9.47 Å². The number of fused-ring (bicyclic) bond motifs is 3. The molecule has 1 aromatic heterocycles. The van der Waals surface area contributed by atoms with Crippen LogP contribution in [-0.2, 0) is 0 Å². The minimum Gasteiger partial charge on any atom is -0.384 e. The number of nitrogen functional groups attached to an aromatic ring is 1. The topological polar surface area (TPSA) is 84.5 Å². The van der Waals surface area contributed by atoms with Gasteiger partial charge in [0.15, 0.2) is 5.82 Å². The number of hydrogen-bond acceptors (Lipinski definition) is 4. The van der Waals surface area contributed by atoms with Crippen molar-refractivity contribution in [3.05, 3.63) is 76.7 Å². The summed E-state index contributed by atoms with van der Waals surface area (Å²) in [5.41, 5.74) is 8.11. The van der Waals surface area contributed by atoms with E-state index in [1.807, 2.05) is 65.6 Å². The molecule has 1 fully saturated rings. The van der Waals surface area contributed by atoms with E-state index < -0.39 is 5.69 Å². The molecule has 2 aliphatic rings. The third kappa shape index (κ3) is 2.32. The van der Waals surface area contributed by atoms with Crippen molar-refractivity contribution in [3.8, 4) is 5.69 Å². The van der Waals surface area contributed by atoms with E-state index in [4.69, 9.17) is 5.73 Å². The number of rotatable bonds is 2. The minimum absolute atomic E-state index is 0.162. The average molecular weight is 373 g/mol. The zero-order valence-electron chi connectivity index (χ0n) is 15.2. The summed E-state index contributed by atoms with van der Waals surface area (Å²) in [5.74, 6) is 0.681. The van der Waals surface area contributed by atoms with E-state index in [0.29, 0.717) is 29.6 Å². The van der Waals surface area contributed by atoms with Gasteiger partial charge in [0, 0.05) is 6.54 Å². The van der Waals surface area contributed by atoms with Crippen LogP contribution in [0.2, 0.25) is 0 Å². The van der Waals surface area contributed by atoms with Crippen LogP contribution in [0.25, 0.3) is 5.69 Å². The molecule has 3 heterocycles. The van der Waals surface area contributed by atoms with Crippen LogP contribution >= 0.6 is 0 Å². The second-order valence-electron chi connectivity index (χ2n) is 6.99. The molecule has 0 aliphatic carbocycles. The maximum absolute atomic E-state index is 13.2. The second kappa shape index (κ2) is 6.23. The molecular formula is C21H19N5O2. The quantitative estimate of drug-likeness (QED) is 0.747. The zero-order chi connectivity index (χ0) is 19.3. The van der Waals surface area contributed by atoms with Gasteiger partial charge >= 0.3 is 11.7 Å². The molecule has 0 bridgehead atoms. The highest BCUT2D eigenvalue weighted by Crippen LogP contribution is 2.46. The number of anilines is 3. The lowest BCUT2D eigenvalue weighted by Gasteiger charge is -2.39. The standard InChI is InChI=1S/C21H19N5O2/c22-18-17-16-12-7-13-24(16)21(28)26(15-10-5-2-6-11-15)19(17)23-20(27)25(18)14-8-3-1-4-9-14/h1-6,8-11,16H,7,12-13,22H2. The van der Waals surface area contributed by atoms with Gasteiger partial charge in [-0.2, -0.15) is 4.98 Å². The highest BCUT2D eigenvalue weighted by atomic mass is 16.2. The van der Waals surface area contributed by atoms with Crippen LogP contribution < -0.4 is 16.3 Å². The molecule has 2 aliphatic heterocycles. The van der Waals surface area contributed by atoms with E-state index in [-0.39, 0.29) is 12.1 Å². The van der Waals surface area contributed by atoms with Gasteiger partial charge in [-0.25, -0.2) is 19.1 Å². The molecule has 0 spiro atoms. The summed E-state index contributed by atoms with van der Waals surface area (Å²) in [7, 11) is 0. The summed E-state index contributed by atoms with van der Waals surface area (Å²) in [6, 6.07) is 18.2. The Morgan fingerprint density at radius 1 is 0.929 bits per heavy atom. The van der Waals surface area contributed by atoms with E-state index in [9.17, 15) is 9.59 Å². The molecule has 5 rings (SSSR count). The van der Waals surface area contributed by atoms with E-state index in [0.717, 1.165) is 18.4 Å². The third-order valence-electron chi connectivity index (χ3n) is 5.41. The van der Waals surface area contributed by atoms with Gasteiger partial charge in [0.05, 0.1) is 23.0 Å². The average Bonchev–Trinajstić information content (AvgIpc) is 3.19. The Labute approximate surface area is 161 Å². The molecule has 2 N–H and O–H groups in total. The van der Waals surface area contributed by atoms with Crippen molar-refractivity contribution in [3.63, 3.8) is 0 Å². The summed E-state index contributed by atoms with van der Waals surface area (Å²) < 4.78 is 1.42. The lowest BCUT2D eigenvalue weighted by molar-refractivity contribution is 0.198. The lowest BCUT2D eigenvalue weighted by Crippen LogP contribution is -2.47. The maximum atomic E-state index is 13.2. The first-order valence-corrected chi connectivity index (χ1v) is 9.30. The number of nitrogens with zero attached hydrogens (tertiary/aromatic N) is 4. The molecule has 1 saturated heterocycles. The minimum atomic E-state index is -0.498. The van der Waals surface area contributed by atoms with Crippen LogP contribution in [-0.4, -0.2) is 27.0 Å². The van der Waals surface area contributed by atoms with E-state index in [1.54, 1.807) is 0 Å². The fraction of sp³-hybridized carbons (Fsp3) is 0.190. The smallest absolute Gasteiger partial charge is 0.355 e. The Kier molecular flexibility index (Phi) is 3.68. The number of urea groups is 1. The first-order valence-electron chi connectivity index (χ1n) is 9.30. The molecule has 7 heteroatoms. The Morgan fingerprint density at radius 2 is 1.57 bits per heavy atom. The number of hydrogen-bond donors (Lipinski definition) is 1. The number of para-hydroxylation sites is 2. The molecule has 2 aromatic carbocycles.